The number of benzene rings is 1. The van der Waals surface area contributed by atoms with Crippen molar-refractivity contribution >= 4 is 11.8 Å². The number of nitrogens with one attached hydrogen (secondary N) is 1. The Kier molecular flexibility index (Phi) is 4.09. The normalized spacial score (nSPS) is 9.82. The summed E-state index contributed by atoms with van der Waals surface area (Å²) in [5.74, 6) is -1.10. The molecule has 0 heterocycles. The zero-order valence-corrected chi connectivity index (χ0v) is 10.2. The highest BCUT2D eigenvalue weighted by atomic mass is 16.5. The molecule has 1 aromatic carbocycles. The number of nitrogens with two attached hydrogens (primary N) is 1. The van der Waals surface area contributed by atoms with Gasteiger partial charge in [-0.1, -0.05) is 6.07 Å². The van der Waals surface area contributed by atoms with E-state index in [1.807, 2.05) is 26.0 Å². The highest BCUT2D eigenvalue weighted by molar-refractivity contribution is 6.34. The van der Waals surface area contributed by atoms with Crippen LogP contribution in [0.1, 0.15) is 16.7 Å². The first-order valence-corrected chi connectivity index (χ1v) is 5.17. The molecule has 17 heavy (non-hydrogen) atoms. The minimum Gasteiger partial charge on any atom is -0.496 e. The zero-order chi connectivity index (χ0) is 13.0. The summed E-state index contributed by atoms with van der Waals surface area (Å²) in [7, 11) is 1.56. The molecule has 5 nitrogen and oxygen atoms in total. The Balaban J connectivity index is 2.90. The Morgan fingerprint density at radius 2 is 2.00 bits per heavy atom. The molecule has 92 valence electrons. The summed E-state index contributed by atoms with van der Waals surface area (Å²) >= 11 is 0. The molecule has 0 saturated heterocycles. The quantitative estimate of drug-likeness (QED) is 0.746. The maximum atomic E-state index is 11.1. The van der Waals surface area contributed by atoms with E-state index in [1.165, 1.54) is 0 Å². The minimum atomic E-state index is -0.992. The molecule has 0 aliphatic carbocycles. The molecule has 3 N–H and O–H groups in total. The largest absolute Gasteiger partial charge is 0.496 e. The number of carbonyl (C=O) groups is 2. The highest BCUT2D eigenvalue weighted by Gasteiger charge is 2.12. The molecular formula is C12H16N2O3. The summed E-state index contributed by atoms with van der Waals surface area (Å²) in [4.78, 5) is 21.7. The predicted molar refractivity (Wildman–Crippen MR) is 63.5 cm³/mol. The molecule has 0 aromatic heterocycles. The third-order valence-corrected chi connectivity index (χ3v) is 2.45. The number of ether oxygens (including phenoxy) is 1. The van der Waals surface area contributed by atoms with Crippen LogP contribution >= 0.6 is 0 Å². The second-order valence-electron chi connectivity index (χ2n) is 3.81. The summed E-state index contributed by atoms with van der Waals surface area (Å²) in [5.41, 5.74) is 7.76. The molecule has 0 saturated carbocycles. The average Bonchev–Trinajstić information content (AvgIpc) is 2.26. The van der Waals surface area contributed by atoms with Crippen molar-refractivity contribution in [1.82, 2.24) is 5.32 Å². The number of carbonyl (C=O) groups excluding carboxylic acids is 2. The molecule has 0 spiro atoms. The van der Waals surface area contributed by atoms with E-state index in [1.54, 1.807) is 7.11 Å². The number of hydrogen-bond donors (Lipinski definition) is 2. The van der Waals surface area contributed by atoms with Crippen LogP contribution in [0, 0.1) is 13.8 Å². The molecule has 0 fully saturated rings. The first-order chi connectivity index (χ1) is 7.95. The number of hydrogen-bond acceptors (Lipinski definition) is 3. The van der Waals surface area contributed by atoms with E-state index in [2.05, 4.69) is 5.32 Å². The van der Waals surface area contributed by atoms with Gasteiger partial charge in [0, 0.05) is 12.1 Å². The Bertz CT molecular complexity index is 455. The Morgan fingerprint density at radius 1 is 1.35 bits per heavy atom. The molecule has 0 aliphatic heterocycles. The van der Waals surface area contributed by atoms with Crippen LogP contribution in [0.3, 0.4) is 0 Å². The van der Waals surface area contributed by atoms with Crippen molar-refractivity contribution in [3.05, 3.63) is 28.8 Å². The highest BCUT2D eigenvalue weighted by Crippen LogP contribution is 2.23. The van der Waals surface area contributed by atoms with Crippen molar-refractivity contribution in [2.75, 3.05) is 7.11 Å². The lowest BCUT2D eigenvalue weighted by molar-refractivity contribution is -0.137. The average molecular weight is 236 g/mol. The van der Waals surface area contributed by atoms with Gasteiger partial charge in [-0.25, -0.2) is 0 Å². The third-order valence-electron chi connectivity index (χ3n) is 2.45. The van der Waals surface area contributed by atoms with E-state index < -0.39 is 11.8 Å². The van der Waals surface area contributed by atoms with Gasteiger partial charge in [0.2, 0.25) is 0 Å². The summed E-state index contributed by atoms with van der Waals surface area (Å²) in [6, 6.07) is 3.85. The van der Waals surface area contributed by atoms with Crippen molar-refractivity contribution in [3.8, 4) is 5.75 Å². The maximum Gasteiger partial charge on any atom is 0.309 e. The molecule has 0 aliphatic rings. The fourth-order valence-electron chi connectivity index (χ4n) is 1.62. The third kappa shape index (κ3) is 3.21. The molecule has 5 heteroatoms. The van der Waals surface area contributed by atoms with Gasteiger partial charge < -0.3 is 15.8 Å². The number of primary amides is 1. The molecular weight excluding hydrogens is 220 g/mol. The Morgan fingerprint density at radius 3 is 2.53 bits per heavy atom. The van der Waals surface area contributed by atoms with Crippen molar-refractivity contribution in [2.45, 2.75) is 20.4 Å². The SMILES string of the molecule is COc1cc(C)cc(C)c1CNC(=O)C(N)=O. The van der Waals surface area contributed by atoms with Crippen molar-refractivity contribution < 1.29 is 14.3 Å². The fourth-order valence-corrected chi connectivity index (χ4v) is 1.62. The zero-order valence-electron chi connectivity index (χ0n) is 10.2. The second-order valence-corrected chi connectivity index (χ2v) is 3.81. The van der Waals surface area contributed by atoms with Crippen LogP contribution < -0.4 is 15.8 Å². The molecule has 0 bridgehead atoms. The maximum absolute atomic E-state index is 11.1. The predicted octanol–water partition coefficient (Wildman–Crippen LogP) is 0.414. The summed E-state index contributed by atoms with van der Waals surface area (Å²) in [5, 5.41) is 2.44. The van der Waals surface area contributed by atoms with Crippen molar-refractivity contribution in [3.63, 3.8) is 0 Å². The monoisotopic (exact) mass is 236 g/mol. The van der Waals surface area contributed by atoms with Gasteiger partial charge in [0.25, 0.3) is 0 Å². The fraction of sp³-hybridized carbons (Fsp3) is 0.333. The van der Waals surface area contributed by atoms with Crippen molar-refractivity contribution in [2.24, 2.45) is 5.73 Å². The van der Waals surface area contributed by atoms with Crippen LogP contribution in [0.2, 0.25) is 0 Å². The van der Waals surface area contributed by atoms with Crippen LogP contribution in [0.4, 0.5) is 0 Å². The topological polar surface area (TPSA) is 81.4 Å². The van der Waals surface area contributed by atoms with Gasteiger partial charge in [-0.05, 0) is 31.0 Å². The van der Waals surface area contributed by atoms with Crippen LogP contribution in [0.25, 0.3) is 0 Å². The van der Waals surface area contributed by atoms with E-state index in [0.29, 0.717) is 5.75 Å². The molecule has 0 unspecified atom stereocenters. The number of rotatable bonds is 3. The Hall–Kier alpha value is -2.04. The van der Waals surface area contributed by atoms with Gasteiger partial charge in [-0.15, -0.1) is 0 Å². The standard InChI is InChI=1S/C12H16N2O3/c1-7-4-8(2)9(10(5-7)17-3)6-14-12(16)11(13)15/h4-5H,6H2,1-3H3,(H2,13,15)(H,14,16). The molecule has 0 atom stereocenters. The number of methoxy groups -OCH3 is 1. The van der Waals surface area contributed by atoms with E-state index >= 15 is 0 Å². The molecule has 1 rings (SSSR count). The van der Waals surface area contributed by atoms with Gasteiger partial charge in [-0.2, -0.15) is 0 Å². The van der Waals surface area contributed by atoms with Crippen LogP contribution in [0.15, 0.2) is 12.1 Å². The van der Waals surface area contributed by atoms with Gasteiger partial charge >= 0.3 is 11.8 Å². The van der Waals surface area contributed by atoms with Crippen molar-refractivity contribution in [1.29, 1.82) is 0 Å². The van der Waals surface area contributed by atoms with Gasteiger partial charge in [-0.3, -0.25) is 9.59 Å². The second kappa shape index (κ2) is 5.34. The lowest BCUT2D eigenvalue weighted by atomic mass is 10.0. The van der Waals surface area contributed by atoms with Crippen LogP contribution in [-0.4, -0.2) is 18.9 Å². The number of aryl methyl sites for hydroxylation is 2. The van der Waals surface area contributed by atoms with Crippen LogP contribution in [0.5, 0.6) is 5.75 Å². The summed E-state index contributed by atoms with van der Waals surface area (Å²) in [6.45, 7) is 4.10. The van der Waals surface area contributed by atoms with Gasteiger partial charge in [0.05, 0.1) is 7.11 Å². The van der Waals surface area contributed by atoms with Gasteiger partial charge in [0.15, 0.2) is 0 Å². The summed E-state index contributed by atoms with van der Waals surface area (Å²) < 4.78 is 5.23. The lowest BCUT2D eigenvalue weighted by Crippen LogP contribution is -2.35. The smallest absolute Gasteiger partial charge is 0.309 e. The summed E-state index contributed by atoms with van der Waals surface area (Å²) in [6.07, 6.45) is 0. The lowest BCUT2D eigenvalue weighted by Gasteiger charge is -2.13. The van der Waals surface area contributed by atoms with Gasteiger partial charge in [0.1, 0.15) is 5.75 Å². The molecule has 2 amide bonds. The number of amides is 2. The van der Waals surface area contributed by atoms with E-state index in [-0.39, 0.29) is 6.54 Å². The first-order valence-electron chi connectivity index (χ1n) is 5.17. The molecule has 1 aromatic rings. The Labute approximate surface area is 99.9 Å². The van der Waals surface area contributed by atoms with E-state index in [0.717, 1.165) is 16.7 Å². The van der Waals surface area contributed by atoms with Crippen LogP contribution in [-0.2, 0) is 16.1 Å². The minimum absolute atomic E-state index is 0.219. The van der Waals surface area contributed by atoms with E-state index in [9.17, 15) is 9.59 Å². The molecule has 0 radical (unpaired) electrons. The first kappa shape index (κ1) is 13.0. The van der Waals surface area contributed by atoms with E-state index in [4.69, 9.17) is 10.5 Å².